The summed E-state index contributed by atoms with van der Waals surface area (Å²) in [5, 5.41) is 1.26. The quantitative estimate of drug-likeness (QED) is 0.780. The number of hydrogen-bond donors (Lipinski definition) is 2. The first-order valence-electron chi connectivity index (χ1n) is 7.56. The second-order valence-corrected chi connectivity index (χ2v) is 8.68. The Morgan fingerprint density at radius 2 is 1.21 bits per heavy atom. The van der Waals surface area contributed by atoms with Crippen LogP contribution in [0.25, 0.3) is 0 Å². The molecule has 5 heteroatoms. The average molecular weight is 305 g/mol. The molecule has 0 aromatic heterocycles. The van der Waals surface area contributed by atoms with E-state index in [-0.39, 0.29) is 0 Å². The summed E-state index contributed by atoms with van der Waals surface area (Å²) < 4.78 is 5.83. The van der Waals surface area contributed by atoms with E-state index in [1.807, 2.05) is 0 Å². The highest BCUT2D eigenvalue weighted by Crippen LogP contribution is 2.38. The highest BCUT2D eigenvalue weighted by atomic mass is 32.2. The van der Waals surface area contributed by atoms with Crippen LogP contribution < -0.4 is 11.5 Å². The van der Waals surface area contributed by atoms with Gasteiger partial charge < -0.3 is 11.5 Å². The van der Waals surface area contributed by atoms with Gasteiger partial charge in [0, 0.05) is 46.7 Å². The van der Waals surface area contributed by atoms with Crippen LogP contribution in [0, 0.1) is 11.8 Å². The highest BCUT2D eigenvalue weighted by Gasteiger charge is 2.28. The maximum absolute atomic E-state index is 6.05. The molecule has 3 nitrogen and oxygen atoms in total. The number of rotatable bonds is 4. The van der Waals surface area contributed by atoms with Crippen molar-refractivity contribution in [1.29, 1.82) is 0 Å². The lowest BCUT2D eigenvalue weighted by Crippen LogP contribution is -2.36. The summed E-state index contributed by atoms with van der Waals surface area (Å²) in [6.45, 7) is 4.52. The largest absolute Gasteiger partial charge is 0.327 e. The van der Waals surface area contributed by atoms with Crippen molar-refractivity contribution in [2.24, 2.45) is 23.3 Å². The molecule has 0 aliphatic heterocycles. The standard InChI is InChI=1S/C14H28N2OS2/c1-9-7-11(3-5-13(9)15)18-17-19-12-4-6-14(16)10(2)8-12/h9-14H,3-8,15-16H2,1-2H3. The molecule has 2 rings (SSSR count). The van der Waals surface area contributed by atoms with Gasteiger partial charge in [-0.25, -0.2) is 3.63 Å². The first-order chi connectivity index (χ1) is 9.06. The maximum Gasteiger partial charge on any atom is 0.0327 e. The van der Waals surface area contributed by atoms with Gasteiger partial charge >= 0.3 is 0 Å². The molecule has 2 aliphatic rings. The van der Waals surface area contributed by atoms with Gasteiger partial charge in [-0.2, -0.15) is 0 Å². The zero-order valence-corrected chi connectivity index (χ0v) is 13.7. The lowest BCUT2D eigenvalue weighted by Gasteiger charge is -2.32. The molecule has 6 atom stereocenters. The Morgan fingerprint density at radius 3 is 1.58 bits per heavy atom. The van der Waals surface area contributed by atoms with E-state index in [2.05, 4.69) is 13.8 Å². The van der Waals surface area contributed by atoms with Crippen LogP contribution in [0.15, 0.2) is 0 Å². The van der Waals surface area contributed by atoms with Crippen LogP contribution >= 0.6 is 24.1 Å². The van der Waals surface area contributed by atoms with Crippen LogP contribution in [-0.4, -0.2) is 22.6 Å². The number of nitrogens with two attached hydrogens (primary N) is 2. The molecule has 0 bridgehead atoms. The molecule has 19 heavy (non-hydrogen) atoms. The van der Waals surface area contributed by atoms with Crippen molar-refractivity contribution in [3.05, 3.63) is 0 Å². The molecule has 0 spiro atoms. The Morgan fingerprint density at radius 1 is 0.789 bits per heavy atom. The van der Waals surface area contributed by atoms with E-state index in [1.54, 1.807) is 24.1 Å². The van der Waals surface area contributed by atoms with Crippen LogP contribution in [0.1, 0.15) is 52.4 Å². The third-order valence-corrected chi connectivity index (χ3v) is 6.76. The van der Waals surface area contributed by atoms with Gasteiger partial charge in [-0.3, -0.25) is 0 Å². The second kappa shape index (κ2) is 7.55. The van der Waals surface area contributed by atoms with Gasteiger partial charge in [-0.05, 0) is 50.4 Å². The van der Waals surface area contributed by atoms with Crippen molar-refractivity contribution in [1.82, 2.24) is 0 Å². The molecule has 112 valence electrons. The van der Waals surface area contributed by atoms with Gasteiger partial charge in [0.1, 0.15) is 0 Å². The first-order valence-corrected chi connectivity index (χ1v) is 9.17. The molecule has 0 saturated heterocycles. The normalized spacial score (nSPS) is 44.2. The fourth-order valence-corrected chi connectivity index (χ4v) is 5.35. The predicted molar refractivity (Wildman–Crippen MR) is 85.8 cm³/mol. The Balaban J connectivity index is 1.61. The minimum Gasteiger partial charge on any atom is -0.327 e. The van der Waals surface area contributed by atoms with Crippen molar-refractivity contribution in [2.45, 2.75) is 75.0 Å². The minimum absolute atomic E-state index is 0.394. The molecule has 0 radical (unpaired) electrons. The topological polar surface area (TPSA) is 61.3 Å². The molecular formula is C14H28N2OS2. The van der Waals surface area contributed by atoms with Crippen LogP contribution in [0.3, 0.4) is 0 Å². The molecule has 6 unspecified atom stereocenters. The fourth-order valence-electron chi connectivity index (χ4n) is 3.05. The van der Waals surface area contributed by atoms with Crippen molar-refractivity contribution < 1.29 is 3.63 Å². The van der Waals surface area contributed by atoms with Gasteiger partial charge in [0.05, 0.1) is 0 Å². The van der Waals surface area contributed by atoms with Crippen LogP contribution in [0.2, 0.25) is 0 Å². The van der Waals surface area contributed by atoms with Gasteiger partial charge in [0.25, 0.3) is 0 Å². The Hall–Kier alpha value is 0.580. The maximum atomic E-state index is 6.05. The molecule has 2 fully saturated rings. The van der Waals surface area contributed by atoms with E-state index in [9.17, 15) is 0 Å². The lowest BCUT2D eigenvalue weighted by molar-refractivity contribution is 0.332. The molecule has 0 aromatic carbocycles. The molecule has 2 saturated carbocycles. The Bertz CT molecular complexity index is 254. The van der Waals surface area contributed by atoms with Crippen LogP contribution in [-0.2, 0) is 3.63 Å². The van der Waals surface area contributed by atoms with E-state index in [1.165, 1.54) is 25.7 Å². The second-order valence-electron chi connectivity index (χ2n) is 6.41. The third kappa shape index (κ3) is 4.81. The van der Waals surface area contributed by atoms with E-state index in [4.69, 9.17) is 15.1 Å². The summed E-state index contributed by atoms with van der Waals surface area (Å²) >= 11 is 3.35. The van der Waals surface area contributed by atoms with Gasteiger partial charge in [0.15, 0.2) is 0 Å². The van der Waals surface area contributed by atoms with E-state index in [0.29, 0.717) is 34.4 Å². The van der Waals surface area contributed by atoms with Crippen molar-refractivity contribution in [2.75, 3.05) is 0 Å². The number of hydrogen-bond acceptors (Lipinski definition) is 5. The summed E-state index contributed by atoms with van der Waals surface area (Å²) in [7, 11) is 0. The minimum atomic E-state index is 0.394. The van der Waals surface area contributed by atoms with E-state index < -0.39 is 0 Å². The van der Waals surface area contributed by atoms with Gasteiger partial charge in [-0.1, -0.05) is 13.8 Å². The van der Waals surface area contributed by atoms with E-state index in [0.717, 1.165) is 12.8 Å². The molecule has 0 heterocycles. The summed E-state index contributed by atoms with van der Waals surface area (Å²) in [4.78, 5) is 0. The van der Waals surface area contributed by atoms with Crippen molar-refractivity contribution in [3.63, 3.8) is 0 Å². The van der Waals surface area contributed by atoms with Crippen molar-refractivity contribution >= 4 is 24.1 Å². The van der Waals surface area contributed by atoms with Crippen molar-refractivity contribution in [3.8, 4) is 0 Å². The Labute approximate surface area is 126 Å². The third-order valence-electron chi connectivity index (χ3n) is 4.73. The molecule has 0 amide bonds. The Kier molecular flexibility index (Phi) is 6.34. The summed E-state index contributed by atoms with van der Waals surface area (Å²) in [5.41, 5.74) is 12.1. The lowest BCUT2D eigenvalue weighted by atomic mass is 9.86. The molecule has 4 N–H and O–H groups in total. The van der Waals surface area contributed by atoms with Gasteiger partial charge in [0.2, 0.25) is 0 Å². The molecular weight excluding hydrogens is 276 g/mol. The molecule has 0 aromatic rings. The summed E-state index contributed by atoms with van der Waals surface area (Å²) in [5.74, 6) is 1.26. The fraction of sp³-hybridized carbons (Fsp3) is 1.00. The van der Waals surface area contributed by atoms with Gasteiger partial charge in [-0.15, -0.1) is 0 Å². The monoisotopic (exact) mass is 304 g/mol. The average Bonchev–Trinajstić information content (AvgIpc) is 2.38. The van der Waals surface area contributed by atoms with Crippen LogP contribution in [0.5, 0.6) is 0 Å². The highest BCUT2D eigenvalue weighted by molar-refractivity contribution is 8.08. The summed E-state index contributed by atoms with van der Waals surface area (Å²) in [6, 6.07) is 0.787. The smallest absolute Gasteiger partial charge is 0.0327 e. The van der Waals surface area contributed by atoms with E-state index >= 15 is 0 Å². The predicted octanol–water partition coefficient (Wildman–Crippen LogP) is 3.33. The SMILES string of the molecule is CC1CC(SOSC2CCC(N)C(C)C2)CCC1N. The zero-order valence-electron chi connectivity index (χ0n) is 12.1. The van der Waals surface area contributed by atoms with Crippen LogP contribution in [0.4, 0.5) is 0 Å². The molecule has 2 aliphatic carbocycles. The first kappa shape index (κ1) is 16.0. The zero-order chi connectivity index (χ0) is 13.8. The summed E-state index contributed by atoms with van der Waals surface area (Å²) in [6.07, 6.45) is 7.06.